The number of rotatable bonds is 3. The standard InChI is InChI=1S/C13H14O4/c1-4-8-5-9-7(2)11(13(14)15)17-12(9)10(6-8)16-3/h5-6H,4H2,1-3H3,(H,14,15). The number of carbonyl (C=O) groups is 1. The Balaban J connectivity index is 2.81. The van der Waals surface area contributed by atoms with Crippen LogP contribution < -0.4 is 4.74 Å². The summed E-state index contributed by atoms with van der Waals surface area (Å²) in [5.41, 5.74) is 2.23. The molecule has 2 rings (SSSR count). The Morgan fingerprint density at radius 1 is 1.47 bits per heavy atom. The minimum atomic E-state index is -1.06. The predicted molar refractivity (Wildman–Crippen MR) is 63.8 cm³/mol. The summed E-state index contributed by atoms with van der Waals surface area (Å²) in [5, 5.41) is 9.83. The molecule has 2 aromatic rings. The second-order valence-electron chi connectivity index (χ2n) is 3.89. The Morgan fingerprint density at radius 2 is 2.18 bits per heavy atom. The topological polar surface area (TPSA) is 59.7 Å². The van der Waals surface area contributed by atoms with E-state index in [4.69, 9.17) is 14.3 Å². The normalized spacial score (nSPS) is 10.8. The molecule has 0 fully saturated rings. The SMILES string of the molecule is CCc1cc(OC)c2oc(C(=O)O)c(C)c2c1. The lowest BCUT2D eigenvalue weighted by molar-refractivity contribution is 0.0664. The van der Waals surface area contributed by atoms with E-state index in [0.29, 0.717) is 16.9 Å². The van der Waals surface area contributed by atoms with E-state index in [0.717, 1.165) is 17.4 Å². The van der Waals surface area contributed by atoms with Crippen molar-refractivity contribution in [3.8, 4) is 5.75 Å². The lowest BCUT2D eigenvalue weighted by Crippen LogP contribution is -1.95. The van der Waals surface area contributed by atoms with E-state index in [1.807, 2.05) is 19.1 Å². The quantitative estimate of drug-likeness (QED) is 0.886. The summed E-state index contributed by atoms with van der Waals surface area (Å²) in [6.45, 7) is 3.78. The molecule has 0 atom stereocenters. The van der Waals surface area contributed by atoms with Crippen LogP contribution in [0.3, 0.4) is 0 Å². The van der Waals surface area contributed by atoms with Crippen molar-refractivity contribution in [2.24, 2.45) is 0 Å². The molecule has 1 aromatic heterocycles. The zero-order valence-electron chi connectivity index (χ0n) is 10.0. The van der Waals surface area contributed by atoms with Crippen molar-refractivity contribution in [2.75, 3.05) is 7.11 Å². The summed E-state index contributed by atoms with van der Waals surface area (Å²) < 4.78 is 10.6. The number of carboxylic acid groups (broad SMARTS) is 1. The minimum Gasteiger partial charge on any atom is -0.493 e. The van der Waals surface area contributed by atoms with Crippen molar-refractivity contribution in [3.05, 3.63) is 29.0 Å². The highest BCUT2D eigenvalue weighted by Crippen LogP contribution is 2.33. The van der Waals surface area contributed by atoms with Gasteiger partial charge in [-0.05, 0) is 31.0 Å². The smallest absolute Gasteiger partial charge is 0.372 e. The first-order chi connectivity index (χ1) is 8.08. The predicted octanol–water partition coefficient (Wildman–Crippen LogP) is 3.01. The fourth-order valence-electron chi connectivity index (χ4n) is 1.90. The van der Waals surface area contributed by atoms with Gasteiger partial charge < -0.3 is 14.3 Å². The molecule has 1 aromatic carbocycles. The summed E-state index contributed by atoms with van der Waals surface area (Å²) in [6.07, 6.45) is 0.860. The maximum absolute atomic E-state index is 11.0. The molecule has 4 heteroatoms. The van der Waals surface area contributed by atoms with Gasteiger partial charge in [-0.25, -0.2) is 4.79 Å². The number of aromatic carboxylic acids is 1. The fourth-order valence-corrected chi connectivity index (χ4v) is 1.90. The fraction of sp³-hybridized carbons (Fsp3) is 0.308. The Kier molecular flexibility index (Phi) is 2.79. The maximum Gasteiger partial charge on any atom is 0.372 e. The third kappa shape index (κ3) is 1.75. The van der Waals surface area contributed by atoms with Crippen LogP contribution in [0.4, 0.5) is 0 Å². The van der Waals surface area contributed by atoms with Gasteiger partial charge in [0.1, 0.15) is 0 Å². The lowest BCUT2D eigenvalue weighted by atomic mass is 10.1. The van der Waals surface area contributed by atoms with E-state index < -0.39 is 5.97 Å². The Morgan fingerprint density at radius 3 is 2.71 bits per heavy atom. The van der Waals surface area contributed by atoms with Gasteiger partial charge in [0.15, 0.2) is 11.3 Å². The van der Waals surface area contributed by atoms with Gasteiger partial charge in [-0.15, -0.1) is 0 Å². The van der Waals surface area contributed by atoms with Gasteiger partial charge in [0.05, 0.1) is 7.11 Å². The number of carboxylic acids is 1. The highest BCUT2D eigenvalue weighted by atomic mass is 16.5. The molecule has 0 aliphatic rings. The average Bonchev–Trinajstić information content (AvgIpc) is 2.66. The molecule has 4 nitrogen and oxygen atoms in total. The molecule has 0 aliphatic heterocycles. The summed E-state index contributed by atoms with van der Waals surface area (Å²) in [4.78, 5) is 11.0. The Bertz CT molecular complexity index is 581. The highest BCUT2D eigenvalue weighted by molar-refractivity contribution is 5.97. The molecule has 0 spiro atoms. The molecule has 0 radical (unpaired) electrons. The molecule has 0 saturated carbocycles. The van der Waals surface area contributed by atoms with E-state index in [1.165, 1.54) is 0 Å². The second-order valence-corrected chi connectivity index (χ2v) is 3.89. The second kappa shape index (κ2) is 4.13. The molecular formula is C13H14O4. The van der Waals surface area contributed by atoms with Crippen LogP contribution in [0, 0.1) is 6.92 Å². The first kappa shape index (κ1) is 11.5. The maximum atomic E-state index is 11.0. The largest absolute Gasteiger partial charge is 0.493 e. The van der Waals surface area contributed by atoms with Gasteiger partial charge >= 0.3 is 5.97 Å². The van der Waals surface area contributed by atoms with Crippen LogP contribution in [0.2, 0.25) is 0 Å². The Hall–Kier alpha value is -1.97. The number of hydrogen-bond acceptors (Lipinski definition) is 3. The van der Waals surface area contributed by atoms with Gasteiger partial charge in [-0.2, -0.15) is 0 Å². The van der Waals surface area contributed by atoms with Crippen LogP contribution in [0.15, 0.2) is 16.5 Å². The molecular weight excluding hydrogens is 220 g/mol. The number of benzene rings is 1. The van der Waals surface area contributed by atoms with Gasteiger partial charge in [0.25, 0.3) is 0 Å². The summed E-state index contributed by atoms with van der Waals surface area (Å²) in [5.74, 6) is -0.500. The first-order valence-corrected chi connectivity index (χ1v) is 5.41. The third-order valence-electron chi connectivity index (χ3n) is 2.89. The molecule has 0 amide bonds. The van der Waals surface area contributed by atoms with E-state index in [-0.39, 0.29) is 5.76 Å². The molecule has 90 valence electrons. The number of ether oxygens (including phenoxy) is 1. The van der Waals surface area contributed by atoms with Gasteiger partial charge in [0, 0.05) is 10.9 Å². The van der Waals surface area contributed by atoms with Crippen molar-refractivity contribution in [1.82, 2.24) is 0 Å². The van der Waals surface area contributed by atoms with E-state index in [1.54, 1.807) is 14.0 Å². The van der Waals surface area contributed by atoms with Crippen LogP contribution in [-0.4, -0.2) is 18.2 Å². The van der Waals surface area contributed by atoms with Gasteiger partial charge in [0.2, 0.25) is 5.76 Å². The molecule has 0 bridgehead atoms. The molecule has 0 saturated heterocycles. The van der Waals surface area contributed by atoms with Crippen molar-refractivity contribution in [2.45, 2.75) is 20.3 Å². The molecule has 1 N–H and O–H groups in total. The van der Waals surface area contributed by atoms with Gasteiger partial charge in [-0.3, -0.25) is 0 Å². The van der Waals surface area contributed by atoms with Crippen molar-refractivity contribution in [1.29, 1.82) is 0 Å². The van der Waals surface area contributed by atoms with Crippen molar-refractivity contribution < 1.29 is 19.1 Å². The van der Waals surface area contributed by atoms with Crippen LogP contribution in [0.1, 0.15) is 28.6 Å². The first-order valence-electron chi connectivity index (χ1n) is 5.41. The van der Waals surface area contributed by atoms with Crippen LogP contribution in [0.5, 0.6) is 5.75 Å². The van der Waals surface area contributed by atoms with E-state index in [2.05, 4.69) is 0 Å². The highest BCUT2D eigenvalue weighted by Gasteiger charge is 2.19. The number of hydrogen-bond donors (Lipinski definition) is 1. The molecule has 0 unspecified atom stereocenters. The summed E-state index contributed by atoms with van der Waals surface area (Å²) in [6, 6.07) is 3.82. The van der Waals surface area contributed by atoms with Crippen molar-refractivity contribution >= 4 is 16.9 Å². The molecule has 1 heterocycles. The summed E-state index contributed by atoms with van der Waals surface area (Å²) >= 11 is 0. The van der Waals surface area contributed by atoms with E-state index in [9.17, 15) is 4.79 Å². The molecule has 17 heavy (non-hydrogen) atoms. The average molecular weight is 234 g/mol. The number of methoxy groups -OCH3 is 1. The van der Waals surface area contributed by atoms with Gasteiger partial charge in [-0.1, -0.05) is 6.92 Å². The monoisotopic (exact) mass is 234 g/mol. The van der Waals surface area contributed by atoms with Crippen LogP contribution in [0.25, 0.3) is 11.0 Å². The molecule has 0 aliphatic carbocycles. The zero-order valence-corrected chi connectivity index (χ0v) is 10.0. The lowest BCUT2D eigenvalue weighted by Gasteiger charge is -2.03. The third-order valence-corrected chi connectivity index (χ3v) is 2.89. The van der Waals surface area contributed by atoms with Crippen LogP contribution in [-0.2, 0) is 6.42 Å². The summed E-state index contributed by atoms with van der Waals surface area (Å²) in [7, 11) is 1.55. The van der Waals surface area contributed by atoms with E-state index >= 15 is 0 Å². The number of aryl methyl sites for hydroxylation is 2. The number of fused-ring (bicyclic) bond motifs is 1. The number of furan rings is 1. The van der Waals surface area contributed by atoms with Crippen LogP contribution >= 0.6 is 0 Å². The van der Waals surface area contributed by atoms with Crippen molar-refractivity contribution in [3.63, 3.8) is 0 Å². The Labute approximate surface area is 98.8 Å². The zero-order chi connectivity index (χ0) is 12.6. The minimum absolute atomic E-state index is 0.0217.